The summed E-state index contributed by atoms with van der Waals surface area (Å²) in [6, 6.07) is 6.55. The van der Waals surface area contributed by atoms with E-state index in [1.807, 2.05) is 0 Å². The maximum atomic E-state index is 5.82. The molecule has 1 fully saturated rings. The van der Waals surface area contributed by atoms with Crippen molar-refractivity contribution < 1.29 is 4.74 Å². The van der Waals surface area contributed by atoms with Gasteiger partial charge in [0.1, 0.15) is 5.75 Å². The lowest BCUT2D eigenvalue weighted by Crippen LogP contribution is -2.11. The van der Waals surface area contributed by atoms with Gasteiger partial charge in [0.25, 0.3) is 0 Å². The first kappa shape index (κ1) is 10.5. The van der Waals surface area contributed by atoms with Gasteiger partial charge in [0.2, 0.25) is 0 Å². The average Bonchev–Trinajstić information content (AvgIpc) is 2.90. The zero-order valence-corrected chi connectivity index (χ0v) is 10.1. The molecule has 0 aliphatic heterocycles. The van der Waals surface area contributed by atoms with E-state index in [0.29, 0.717) is 6.10 Å². The predicted octanol–water partition coefficient (Wildman–Crippen LogP) is 3.83. The van der Waals surface area contributed by atoms with E-state index >= 15 is 0 Å². The van der Waals surface area contributed by atoms with Crippen LogP contribution in [0.15, 0.2) is 18.2 Å². The molecule has 1 heteroatoms. The van der Waals surface area contributed by atoms with E-state index in [9.17, 15) is 0 Å². The predicted molar refractivity (Wildman–Crippen MR) is 63.5 cm³/mol. The van der Waals surface area contributed by atoms with Gasteiger partial charge in [0, 0.05) is 0 Å². The Kier molecular flexibility index (Phi) is 2.49. The Balaban J connectivity index is 2.21. The minimum absolute atomic E-state index is 0.225. The molecule has 0 unspecified atom stereocenters. The van der Waals surface area contributed by atoms with Crippen molar-refractivity contribution in [1.82, 2.24) is 0 Å². The molecule has 1 saturated carbocycles. The first-order valence-electron chi connectivity index (χ1n) is 5.74. The van der Waals surface area contributed by atoms with Crippen LogP contribution >= 0.6 is 0 Å². The van der Waals surface area contributed by atoms with Crippen molar-refractivity contribution in [1.29, 1.82) is 0 Å². The van der Waals surface area contributed by atoms with Crippen LogP contribution in [-0.4, -0.2) is 6.10 Å². The largest absolute Gasteiger partial charge is 0.490 e. The maximum absolute atomic E-state index is 5.82. The van der Waals surface area contributed by atoms with Crippen LogP contribution in [0.1, 0.15) is 44.7 Å². The van der Waals surface area contributed by atoms with Gasteiger partial charge in [-0.3, -0.25) is 0 Å². The summed E-state index contributed by atoms with van der Waals surface area (Å²) in [5, 5.41) is 0. The van der Waals surface area contributed by atoms with Crippen molar-refractivity contribution in [2.45, 2.75) is 52.1 Å². The molecule has 0 N–H and O–H groups in total. The van der Waals surface area contributed by atoms with Crippen LogP contribution in [0, 0.1) is 6.92 Å². The van der Waals surface area contributed by atoms with E-state index in [0.717, 1.165) is 5.75 Å². The normalized spacial score (nSPS) is 16.5. The number of rotatable bonds is 2. The standard InChI is InChI=1S/C14H20O/c1-10-9-11(14(2,3)4)5-8-13(10)15-12-6-7-12/h5,8-9,12H,6-7H2,1-4H3. The molecule has 15 heavy (non-hydrogen) atoms. The van der Waals surface area contributed by atoms with Crippen LogP contribution < -0.4 is 4.74 Å². The molecule has 1 aliphatic carbocycles. The number of benzene rings is 1. The molecule has 0 bridgehead atoms. The fourth-order valence-electron chi connectivity index (χ4n) is 1.61. The Morgan fingerprint density at radius 2 is 1.87 bits per heavy atom. The Morgan fingerprint density at radius 3 is 2.33 bits per heavy atom. The summed E-state index contributed by atoms with van der Waals surface area (Å²) in [7, 11) is 0. The van der Waals surface area contributed by atoms with Gasteiger partial charge < -0.3 is 4.74 Å². The quantitative estimate of drug-likeness (QED) is 0.711. The second kappa shape index (κ2) is 3.55. The highest BCUT2D eigenvalue weighted by atomic mass is 16.5. The molecule has 1 aromatic rings. The van der Waals surface area contributed by atoms with Crippen molar-refractivity contribution in [3.63, 3.8) is 0 Å². The van der Waals surface area contributed by atoms with E-state index < -0.39 is 0 Å². The molecule has 0 heterocycles. The number of aryl methyl sites for hydroxylation is 1. The smallest absolute Gasteiger partial charge is 0.122 e. The SMILES string of the molecule is Cc1cc(C(C)(C)C)ccc1OC1CC1. The minimum Gasteiger partial charge on any atom is -0.490 e. The van der Waals surface area contributed by atoms with E-state index in [2.05, 4.69) is 45.9 Å². The molecule has 1 nitrogen and oxygen atoms in total. The van der Waals surface area contributed by atoms with E-state index in [4.69, 9.17) is 4.74 Å². The van der Waals surface area contributed by atoms with Crippen molar-refractivity contribution in [2.24, 2.45) is 0 Å². The van der Waals surface area contributed by atoms with Gasteiger partial charge in [-0.1, -0.05) is 32.9 Å². The highest BCUT2D eigenvalue weighted by Crippen LogP contribution is 2.31. The molecule has 1 aliphatic rings. The third-order valence-corrected chi connectivity index (χ3v) is 2.86. The third-order valence-electron chi connectivity index (χ3n) is 2.86. The summed E-state index contributed by atoms with van der Waals surface area (Å²) >= 11 is 0. The van der Waals surface area contributed by atoms with Crippen molar-refractivity contribution in [3.05, 3.63) is 29.3 Å². The lowest BCUT2D eigenvalue weighted by molar-refractivity contribution is 0.301. The zero-order valence-electron chi connectivity index (χ0n) is 10.1. The highest BCUT2D eigenvalue weighted by molar-refractivity contribution is 5.39. The second-order valence-corrected chi connectivity index (χ2v) is 5.55. The van der Waals surface area contributed by atoms with E-state index in [1.165, 1.54) is 24.0 Å². The first-order valence-corrected chi connectivity index (χ1v) is 5.74. The topological polar surface area (TPSA) is 9.23 Å². The Labute approximate surface area is 92.5 Å². The summed E-state index contributed by atoms with van der Waals surface area (Å²) in [5.74, 6) is 1.06. The summed E-state index contributed by atoms with van der Waals surface area (Å²) in [6.07, 6.45) is 2.94. The Hall–Kier alpha value is -0.980. The summed E-state index contributed by atoms with van der Waals surface area (Å²) in [5.41, 5.74) is 2.86. The van der Waals surface area contributed by atoms with Gasteiger partial charge >= 0.3 is 0 Å². The van der Waals surface area contributed by atoms with Gasteiger partial charge in [-0.25, -0.2) is 0 Å². The van der Waals surface area contributed by atoms with Crippen LogP contribution in [-0.2, 0) is 5.41 Å². The van der Waals surface area contributed by atoms with Crippen LogP contribution in [0.25, 0.3) is 0 Å². The van der Waals surface area contributed by atoms with E-state index in [1.54, 1.807) is 0 Å². The lowest BCUT2D eigenvalue weighted by Gasteiger charge is -2.20. The Morgan fingerprint density at radius 1 is 1.20 bits per heavy atom. The van der Waals surface area contributed by atoms with Crippen molar-refractivity contribution in [2.75, 3.05) is 0 Å². The fourth-order valence-corrected chi connectivity index (χ4v) is 1.61. The van der Waals surface area contributed by atoms with Crippen molar-refractivity contribution >= 4 is 0 Å². The number of hydrogen-bond donors (Lipinski definition) is 0. The van der Waals surface area contributed by atoms with Gasteiger partial charge in [0.05, 0.1) is 6.10 Å². The molecule has 82 valence electrons. The molecule has 1 aromatic carbocycles. The minimum atomic E-state index is 0.225. The van der Waals surface area contributed by atoms with Crippen LogP contribution in [0.2, 0.25) is 0 Å². The summed E-state index contributed by atoms with van der Waals surface area (Å²) in [4.78, 5) is 0. The highest BCUT2D eigenvalue weighted by Gasteiger charge is 2.24. The van der Waals surface area contributed by atoms with Gasteiger partial charge in [-0.2, -0.15) is 0 Å². The molecule has 0 saturated heterocycles. The van der Waals surface area contributed by atoms with Gasteiger partial charge in [0.15, 0.2) is 0 Å². The Bertz CT molecular complexity index is 356. The van der Waals surface area contributed by atoms with Crippen LogP contribution in [0.3, 0.4) is 0 Å². The molecule has 0 spiro atoms. The third kappa shape index (κ3) is 2.53. The lowest BCUT2D eigenvalue weighted by atomic mass is 9.86. The molecule has 2 rings (SSSR count). The van der Waals surface area contributed by atoms with Crippen molar-refractivity contribution in [3.8, 4) is 5.75 Å². The molecule has 0 radical (unpaired) electrons. The molecular weight excluding hydrogens is 184 g/mol. The fraction of sp³-hybridized carbons (Fsp3) is 0.571. The summed E-state index contributed by atoms with van der Waals surface area (Å²) < 4.78 is 5.82. The second-order valence-electron chi connectivity index (χ2n) is 5.55. The van der Waals surface area contributed by atoms with Gasteiger partial charge in [-0.15, -0.1) is 0 Å². The first-order chi connectivity index (χ1) is 6.97. The van der Waals surface area contributed by atoms with Gasteiger partial charge in [-0.05, 0) is 42.4 Å². The zero-order chi connectivity index (χ0) is 11.1. The number of ether oxygens (including phenoxy) is 1. The summed E-state index contributed by atoms with van der Waals surface area (Å²) in [6.45, 7) is 8.85. The van der Waals surface area contributed by atoms with Crippen LogP contribution in [0.5, 0.6) is 5.75 Å². The monoisotopic (exact) mass is 204 g/mol. The molecule has 0 amide bonds. The average molecular weight is 204 g/mol. The maximum Gasteiger partial charge on any atom is 0.122 e. The van der Waals surface area contributed by atoms with Crippen LogP contribution in [0.4, 0.5) is 0 Å². The van der Waals surface area contributed by atoms with E-state index in [-0.39, 0.29) is 5.41 Å². The molecule has 0 aromatic heterocycles. The number of hydrogen-bond acceptors (Lipinski definition) is 1. The molecular formula is C14H20O. The molecule has 0 atom stereocenters.